The van der Waals surface area contributed by atoms with Crippen LogP contribution in [0.25, 0.3) is 0 Å². The summed E-state index contributed by atoms with van der Waals surface area (Å²) in [4.78, 5) is 0. The Hall–Kier alpha value is -0.430. The van der Waals surface area contributed by atoms with Crippen molar-refractivity contribution >= 4 is 29.1 Å². The zero-order chi connectivity index (χ0) is 9.26. The molecule has 1 saturated heterocycles. The predicted octanol–water partition coefficient (Wildman–Crippen LogP) is 0.363. The molecule has 5 nitrogen and oxygen atoms in total. The summed E-state index contributed by atoms with van der Waals surface area (Å²) in [5.41, 5.74) is 0. The zero-order valence-electron chi connectivity index (χ0n) is 6.61. The van der Waals surface area contributed by atoms with Gasteiger partial charge in [0.25, 0.3) is 0 Å². The van der Waals surface area contributed by atoms with Crippen LogP contribution in [0, 0.1) is 0 Å². The van der Waals surface area contributed by atoms with Crippen molar-refractivity contribution in [3.05, 3.63) is 5.15 Å². The molecule has 0 radical (unpaired) electrons. The van der Waals surface area contributed by atoms with Crippen LogP contribution in [0.3, 0.4) is 0 Å². The van der Waals surface area contributed by atoms with Crippen molar-refractivity contribution in [2.75, 3.05) is 18.5 Å². The van der Waals surface area contributed by atoms with Crippen LogP contribution in [0.4, 0.5) is 5.82 Å². The number of aliphatic hydroxyl groups is 1. The number of halogens is 1. The van der Waals surface area contributed by atoms with E-state index in [2.05, 4.69) is 14.1 Å². The van der Waals surface area contributed by atoms with Crippen molar-refractivity contribution in [2.45, 2.75) is 12.1 Å². The second-order valence-corrected chi connectivity index (χ2v) is 3.65. The van der Waals surface area contributed by atoms with Crippen molar-refractivity contribution in [2.24, 2.45) is 0 Å². The number of aromatic nitrogens is 2. The van der Waals surface area contributed by atoms with Crippen LogP contribution in [0.1, 0.15) is 0 Å². The minimum Gasteiger partial charge on any atom is -0.388 e. The van der Waals surface area contributed by atoms with Crippen LogP contribution in [0.5, 0.6) is 0 Å². The molecule has 1 aromatic rings. The van der Waals surface area contributed by atoms with E-state index in [-0.39, 0.29) is 6.04 Å². The quantitative estimate of drug-likeness (QED) is 0.755. The van der Waals surface area contributed by atoms with Gasteiger partial charge in [0, 0.05) is 0 Å². The Morgan fingerprint density at radius 2 is 2.38 bits per heavy atom. The highest BCUT2D eigenvalue weighted by Gasteiger charge is 2.27. The van der Waals surface area contributed by atoms with E-state index in [4.69, 9.17) is 16.3 Å². The molecule has 0 saturated carbocycles. The first-order valence-corrected chi connectivity index (χ1v) is 4.88. The summed E-state index contributed by atoms with van der Waals surface area (Å²) < 4.78 is 12.8. The van der Waals surface area contributed by atoms with Crippen LogP contribution in [0.2, 0.25) is 5.15 Å². The van der Waals surface area contributed by atoms with Gasteiger partial charge in [-0.15, -0.1) is 0 Å². The first kappa shape index (κ1) is 9.14. The van der Waals surface area contributed by atoms with Gasteiger partial charge in [-0.1, -0.05) is 11.6 Å². The van der Waals surface area contributed by atoms with Crippen molar-refractivity contribution in [1.82, 2.24) is 8.75 Å². The zero-order valence-corrected chi connectivity index (χ0v) is 8.18. The molecule has 2 heterocycles. The highest BCUT2D eigenvalue weighted by atomic mass is 35.5. The van der Waals surface area contributed by atoms with Gasteiger partial charge in [0.1, 0.15) is 0 Å². The maximum atomic E-state index is 9.40. The van der Waals surface area contributed by atoms with E-state index < -0.39 is 6.10 Å². The molecule has 0 unspecified atom stereocenters. The van der Waals surface area contributed by atoms with Crippen molar-refractivity contribution in [3.63, 3.8) is 0 Å². The molecule has 7 heteroatoms. The van der Waals surface area contributed by atoms with E-state index in [1.54, 1.807) is 0 Å². The van der Waals surface area contributed by atoms with E-state index >= 15 is 0 Å². The van der Waals surface area contributed by atoms with Crippen LogP contribution in [-0.2, 0) is 4.74 Å². The molecule has 72 valence electrons. The number of hydrogen-bond acceptors (Lipinski definition) is 6. The Balaban J connectivity index is 2.01. The third kappa shape index (κ3) is 1.91. The minimum absolute atomic E-state index is 0.138. The fourth-order valence-electron chi connectivity index (χ4n) is 1.12. The monoisotopic (exact) mass is 221 g/mol. The molecule has 0 aliphatic carbocycles. The first-order chi connectivity index (χ1) is 6.27. The van der Waals surface area contributed by atoms with E-state index in [0.717, 1.165) is 11.7 Å². The van der Waals surface area contributed by atoms with E-state index in [1.807, 2.05) is 0 Å². The maximum absolute atomic E-state index is 9.40. The Morgan fingerprint density at radius 1 is 1.54 bits per heavy atom. The summed E-state index contributed by atoms with van der Waals surface area (Å²) in [5, 5.41) is 12.7. The highest BCUT2D eigenvalue weighted by molar-refractivity contribution is 6.99. The molecule has 1 fully saturated rings. The third-order valence-corrected chi connectivity index (χ3v) is 2.71. The molecular weight excluding hydrogens is 214 g/mol. The van der Waals surface area contributed by atoms with Gasteiger partial charge in [-0.05, 0) is 0 Å². The average molecular weight is 222 g/mol. The predicted molar refractivity (Wildman–Crippen MR) is 49.2 cm³/mol. The van der Waals surface area contributed by atoms with E-state index in [0.29, 0.717) is 24.2 Å². The van der Waals surface area contributed by atoms with Crippen molar-refractivity contribution < 1.29 is 9.84 Å². The second-order valence-electron chi connectivity index (χ2n) is 2.76. The number of hydrogen-bond donors (Lipinski definition) is 2. The molecule has 0 bridgehead atoms. The summed E-state index contributed by atoms with van der Waals surface area (Å²) in [6, 6.07) is -0.138. The van der Waals surface area contributed by atoms with E-state index in [9.17, 15) is 5.11 Å². The van der Waals surface area contributed by atoms with Gasteiger partial charge in [-0.3, -0.25) is 0 Å². The number of ether oxygens (including phenoxy) is 1. The first-order valence-electron chi connectivity index (χ1n) is 3.78. The number of nitrogens with zero attached hydrogens (tertiary/aromatic N) is 2. The van der Waals surface area contributed by atoms with Gasteiger partial charge in [0.05, 0.1) is 37.1 Å². The van der Waals surface area contributed by atoms with Crippen molar-refractivity contribution in [1.29, 1.82) is 0 Å². The van der Waals surface area contributed by atoms with Crippen LogP contribution >= 0.6 is 23.3 Å². The minimum atomic E-state index is -0.502. The second kappa shape index (κ2) is 3.75. The fourth-order valence-corrected chi connectivity index (χ4v) is 1.78. The summed E-state index contributed by atoms with van der Waals surface area (Å²) >= 11 is 6.75. The lowest BCUT2D eigenvalue weighted by Gasteiger charge is -2.13. The molecule has 1 aliphatic heterocycles. The number of aliphatic hydroxyl groups excluding tert-OH is 1. The molecule has 2 atom stereocenters. The van der Waals surface area contributed by atoms with Crippen LogP contribution in [0.15, 0.2) is 0 Å². The SMILES string of the molecule is O[C@@H]1COC[C@H]1Nc1nsnc1Cl. The molecule has 0 amide bonds. The average Bonchev–Trinajstić information content (AvgIpc) is 2.65. The van der Waals surface area contributed by atoms with Crippen molar-refractivity contribution in [3.8, 4) is 0 Å². The molecule has 2 N–H and O–H groups in total. The largest absolute Gasteiger partial charge is 0.388 e. The van der Waals surface area contributed by atoms with Gasteiger partial charge in [0.2, 0.25) is 0 Å². The molecule has 0 spiro atoms. The summed E-state index contributed by atoms with van der Waals surface area (Å²) in [5.74, 6) is 0.515. The van der Waals surface area contributed by atoms with Gasteiger partial charge in [0.15, 0.2) is 11.0 Å². The van der Waals surface area contributed by atoms with Crippen LogP contribution in [-0.4, -0.2) is 39.2 Å². The van der Waals surface area contributed by atoms with Gasteiger partial charge in [-0.2, -0.15) is 8.75 Å². The smallest absolute Gasteiger partial charge is 0.186 e. The highest BCUT2D eigenvalue weighted by Crippen LogP contribution is 2.20. The topological polar surface area (TPSA) is 67.3 Å². The third-order valence-electron chi connectivity index (χ3n) is 1.82. The number of nitrogens with one attached hydrogen (secondary N) is 1. The lowest BCUT2D eigenvalue weighted by atomic mass is 10.2. The Morgan fingerprint density at radius 3 is 2.92 bits per heavy atom. The normalized spacial score (nSPS) is 27.8. The maximum Gasteiger partial charge on any atom is 0.186 e. The number of rotatable bonds is 2. The van der Waals surface area contributed by atoms with Gasteiger partial charge >= 0.3 is 0 Å². The van der Waals surface area contributed by atoms with Gasteiger partial charge in [-0.25, -0.2) is 0 Å². The van der Waals surface area contributed by atoms with Gasteiger partial charge < -0.3 is 15.2 Å². The Labute approximate surface area is 84.0 Å². The number of anilines is 1. The Bertz CT molecular complexity index is 295. The lowest BCUT2D eigenvalue weighted by molar-refractivity contribution is 0.125. The molecule has 1 aromatic heterocycles. The summed E-state index contributed by atoms with van der Waals surface area (Å²) in [6.45, 7) is 0.821. The van der Waals surface area contributed by atoms with E-state index in [1.165, 1.54) is 0 Å². The van der Waals surface area contributed by atoms with Crippen LogP contribution < -0.4 is 5.32 Å². The summed E-state index contributed by atoms with van der Waals surface area (Å²) in [6.07, 6.45) is -0.502. The molecule has 0 aromatic carbocycles. The lowest BCUT2D eigenvalue weighted by Crippen LogP contribution is -2.31. The fraction of sp³-hybridized carbons (Fsp3) is 0.667. The molecule has 1 aliphatic rings. The molecular formula is C6H8ClN3O2S. The molecule has 13 heavy (non-hydrogen) atoms. The Kier molecular flexibility index (Phi) is 2.63. The molecule has 2 rings (SSSR count). The summed E-state index contributed by atoms with van der Waals surface area (Å²) in [7, 11) is 0. The standard InChI is InChI=1S/C6H8ClN3O2S/c7-5-6(10-13-9-5)8-3-1-12-2-4(3)11/h3-4,11H,1-2H2,(H,8,10)/t3-,4-/m1/s1.